The second kappa shape index (κ2) is 4.58. The van der Waals surface area contributed by atoms with Crippen LogP contribution < -0.4 is 5.32 Å². The van der Waals surface area contributed by atoms with Crippen molar-refractivity contribution in [2.24, 2.45) is 0 Å². The Morgan fingerprint density at radius 1 is 1.24 bits per heavy atom. The molecule has 2 aromatic heterocycles. The Kier molecular flexibility index (Phi) is 3.14. The van der Waals surface area contributed by atoms with Gasteiger partial charge in [-0.2, -0.15) is 0 Å². The number of aryl methyl sites for hydroxylation is 3. The Morgan fingerprint density at radius 2 is 1.88 bits per heavy atom. The van der Waals surface area contributed by atoms with E-state index < -0.39 is 0 Å². The summed E-state index contributed by atoms with van der Waals surface area (Å²) in [7, 11) is 0. The predicted octanol–water partition coefficient (Wildman–Crippen LogP) is 2.11. The van der Waals surface area contributed by atoms with E-state index in [0.29, 0.717) is 5.00 Å². The molecule has 88 valence electrons. The highest BCUT2D eigenvalue weighted by molar-refractivity contribution is 7.15. The number of rotatable bonds is 2. The number of nitrogens with one attached hydrogen (secondary N) is 1. The lowest BCUT2D eigenvalue weighted by Gasteiger charge is -2.02. The minimum Gasteiger partial charge on any atom is -0.309 e. The first kappa shape index (κ1) is 11.7. The molecule has 1 N–H and O–H groups in total. The minimum atomic E-state index is -0.305. The average Bonchev–Trinajstić information content (AvgIpc) is 2.62. The van der Waals surface area contributed by atoms with Crippen LogP contribution in [0.4, 0.5) is 5.00 Å². The maximum Gasteiger partial charge on any atom is 0.294 e. The smallest absolute Gasteiger partial charge is 0.294 e. The molecule has 2 rings (SSSR count). The van der Waals surface area contributed by atoms with Crippen LogP contribution in [0.5, 0.6) is 0 Å². The van der Waals surface area contributed by atoms with E-state index in [4.69, 9.17) is 0 Å². The SMILES string of the molecule is Cc1cc(C)nc(C(=O)Nc2cnc(C)s2)n1. The van der Waals surface area contributed by atoms with Gasteiger partial charge in [0.1, 0.15) is 5.00 Å². The molecular weight excluding hydrogens is 236 g/mol. The van der Waals surface area contributed by atoms with Crippen LogP contribution >= 0.6 is 11.3 Å². The third-order valence-corrected chi connectivity index (χ3v) is 2.87. The summed E-state index contributed by atoms with van der Waals surface area (Å²) >= 11 is 1.42. The predicted molar refractivity (Wildman–Crippen MR) is 66.3 cm³/mol. The summed E-state index contributed by atoms with van der Waals surface area (Å²) in [6, 6.07) is 1.83. The number of nitrogens with zero attached hydrogens (tertiary/aromatic N) is 3. The van der Waals surface area contributed by atoms with Crippen molar-refractivity contribution in [2.45, 2.75) is 20.8 Å². The molecule has 17 heavy (non-hydrogen) atoms. The summed E-state index contributed by atoms with van der Waals surface area (Å²) in [5.74, 6) is -0.117. The quantitative estimate of drug-likeness (QED) is 0.883. The van der Waals surface area contributed by atoms with Gasteiger partial charge in [0.15, 0.2) is 0 Å². The van der Waals surface area contributed by atoms with Crippen LogP contribution in [0.3, 0.4) is 0 Å². The van der Waals surface area contributed by atoms with E-state index in [1.807, 2.05) is 26.8 Å². The molecule has 0 radical (unpaired) electrons. The molecule has 0 bridgehead atoms. The second-order valence-corrected chi connectivity index (χ2v) is 4.91. The highest BCUT2D eigenvalue weighted by atomic mass is 32.1. The molecule has 0 atom stereocenters. The third-order valence-electron chi connectivity index (χ3n) is 2.04. The fraction of sp³-hybridized carbons (Fsp3) is 0.273. The van der Waals surface area contributed by atoms with Gasteiger partial charge in [0.25, 0.3) is 5.91 Å². The lowest BCUT2D eigenvalue weighted by molar-refractivity contribution is 0.101. The number of aromatic nitrogens is 3. The van der Waals surface area contributed by atoms with Crippen molar-refractivity contribution in [1.29, 1.82) is 0 Å². The highest BCUT2D eigenvalue weighted by Gasteiger charge is 2.11. The molecule has 0 saturated carbocycles. The number of carbonyl (C=O) groups is 1. The number of carbonyl (C=O) groups excluding carboxylic acids is 1. The van der Waals surface area contributed by atoms with Crippen LogP contribution in [0.2, 0.25) is 0 Å². The molecule has 5 nitrogen and oxygen atoms in total. The van der Waals surface area contributed by atoms with Crippen molar-refractivity contribution in [2.75, 3.05) is 5.32 Å². The van der Waals surface area contributed by atoms with Gasteiger partial charge in [-0.25, -0.2) is 15.0 Å². The van der Waals surface area contributed by atoms with E-state index in [0.717, 1.165) is 16.4 Å². The largest absolute Gasteiger partial charge is 0.309 e. The summed E-state index contributed by atoms with van der Waals surface area (Å²) in [5.41, 5.74) is 1.56. The van der Waals surface area contributed by atoms with E-state index in [1.165, 1.54) is 11.3 Å². The molecule has 0 saturated heterocycles. The topological polar surface area (TPSA) is 67.8 Å². The monoisotopic (exact) mass is 248 g/mol. The molecule has 0 fully saturated rings. The fourth-order valence-corrected chi connectivity index (χ4v) is 2.09. The maximum absolute atomic E-state index is 11.9. The van der Waals surface area contributed by atoms with Gasteiger partial charge >= 0.3 is 0 Å². The number of thiazole rings is 1. The summed E-state index contributed by atoms with van der Waals surface area (Å²) < 4.78 is 0. The molecule has 1 amide bonds. The molecule has 0 unspecified atom stereocenters. The van der Waals surface area contributed by atoms with Crippen LogP contribution in [0.25, 0.3) is 0 Å². The van der Waals surface area contributed by atoms with Crippen molar-refractivity contribution >= 4 is 22.2 Å². The molecule has 0 aromatic carbocycles. The molecule has 0 aliphatic rings. The summed E-state index contributed by atoms with van der Waals surface area (Å²) in [4.78, 5) is 24.1. The van der Waals surface area contributed by atoms with E-state index in [9.17, 15) is 4.79 Å². The van der Waals surface area contributed by atoms with Crippen molar-refractivity contribution < 1.29 is 4.79 Å². The van der Waals surface area contributed by atoms with Gasteiger partial charge in [-0.3, -0.25) is 4.79 Å². The van der Waals surface area contributed by atoms with Gasteiger partial charge in [-0.1, -0.05) is 0 Å². The van der Waals surface area contributed by atoms with Crippen LogP contribution in [-0.2, 0) is 0 Å². The molecule has 6 heteroatoms. The zero-order valence-electron chi connectivity index (χ0n) is 9.81. The van der Waals surface area contributed by atoms with Gasteiger partial charge in [-0.15, -0.1) is 11.3 Å². The summed E-state index contributed by atoms with van der Waals surface area (Å²) in [6.45, 7) is 5.55. The van der Waals surface area contributed by atoms with E-state index >= 15 is 0 Å². The van der Waals surface area contributed by atoms with Gasteiger partial charge in [0, 0.05) is 11.4 Å². The van der Waals surface area contributed by atoms with Gasteiger partial charge in [-0.05, 0) is 26.8 Å². The van der Waals surface area contributed by atoms with Crippen molar-refractivity contribution in [1.82, 2.24) is 15.0 Å². The Morgan fingerprint density at radius 3 is 2.41 bits per heavy atom. The normalized spacial score (nSPS) is 10.3. The van der Waals surface area contributed by atoms with Crippen molar-refractivity contribution in [3.63, 3.8) is 0 Å². The molecule has 0 aliphatic carbocycles. The number of hydrogen-bond acceptors (Lipinski definition) is 5. The Hall–Kier alpha value is -1.82. The first-order valence-electron chi connectivity index (χ1n) is 5.10. The van der Waals surface area contributed by atoms with Crippen molar-refractivity contribution in [3.8, 4) is 0 Å². The summed E-state index contributed by atoms with van der Waals surface area (Å²) in [5, 5.41) is 4.33. The first-order chi connectivity index (χ1) is 8.04. The van der Waals surface area contributed by atoms with E-state index in [-0.39, 0.29) is 11.7 Å². The second-order valence-electron chi connectivity index (χ2n) is 3.67. The van der Waals surface area contributed by atoms with Gasteiger partial charge < -0.3 is 5.32 Å². The lowest BCUT2D eigenvalue weighted by Crippen LogP contribution is -2.16. The van der Waals surface area contributed by atoms with E-state index in [2.05, 4.69) is 20.3 Å². The van der Waals surface area contributed by atoms with Gasteiger partial charge in [0.2, 0.25) is 5.82 Å². The standard InChI is InChI=1S/C11H12N4OS/c1-6-4-7(2)14-10(13-6)11(16)15-9-5-12-8(3)17-9/h4-5H,1-3H3,(H,15,16). The zero-order valence-corrected chi connectivity index (χ0v) is 10.6. The maximum atomic E-state index is 11.9. The number of anilines is 1. The zero-order chi connectivity index (χ0) is 12.4. The average molecular weight is 248 g/mol. The molecule has 2 heterocycles. The van der Waals surface area contributed by atoms with Crippen LogP contribution in [-0.4, -0.2) is 20.9 Å². The molecule has 0 aliphatic heterocycles. The first-order valence-corrected chi connectivity index (χ1v) is 5.92. The lowest BCUT2D eigenvalue weighted by atomic mass is 10.3. The molecular formula is C11H12N4OS. The summed E-state index contributed by atoms with van der Waals surface area (Å²) in [6.07, 6.45) is 1.63. The van der Waals surface area contributed by atoms with Crippen LogP contribution in [0, 0.1) is 20.8 Å². The molecule has 2 aromatic rings. The van der Waals surface area contributed by atoms with Crippen LogP contribution in [0.15, 0.2) is 12.3 Å². The Labute approximate surface area is 103 Å². The third kappa shape index (κ3) is 2.85. The van der Waals surface area contributed by atoms with Crippen molar-refractivity contribution in [3.05, 3.63) is 34.5 Å². The van der Waals surface area contributed by atoms with Gasteiger partial charge in [0.05, 0.1) is 11.2 Å². The Bertz CT molecular complexity index is 544. The van der Waals surface area contributed by atoms with E-state index in [1.54, 1.807) is 6.20 Å². The highest BCUT2D eigenvalue weighted by Crippen LogP contribution is 2.17. The number of hydrogen-bond donors (Lipinski definition) is 1. The number of amides is 1. The minimum absolute atomic E-state index is 0.188. The molecule has 0 spiro atoms. The Balaban J connectivity index is 2.19. The fourth-order valence-electron chi connectivity index (χ4n) is 1.41. The van der Waals surface area contributed by atoms with Crippen LogP contribution in [0.1, 0.15) is 27.0 Å².